The Morgan fingerprint density at radius 3 is 2.17 bits per heavy atom. The lowest BCUT2D eigenvalue weighted by Crippen LogP contribution is -2.08. The predicted molar refractivity (Wildman–Crippen MR) is 138 cm³/mol. The Labute approximate surface area is 209 Å². The van der Waals surface area contributed by atoms with Gasteiger partial charge in [0.2, 0.25) is 11.8 Å². The second-order valence-corrected chi connectivity index (χ2v) is 8.20. The minimum atomic E-state index is -0.473. The minimum absolute atomic E-state index is 0.165. The second kappa shape index (κ2) is 10.4. The summed E-state index contributed by atoms with van der Waals surface area (Å²) in [5.41, 5.74) is 5.13. The van der Waals surface area contributed by atoms with Crippen LogP contribution >= 0.6 is 0 Å². The molecule has 36 heavy (non-hydrogen) atoms. The number of aromatic nitrogens is 2. The molecular formula is C28H27N3O5. The number of benzene rings is 3. The van der Waals surface area contributed by atoms with Gasteiger partial charge in [0.15, 0.2) is 11.5 Å². The lowest BCUT2D eigenvalue weighted by atomic mass is 10.0. The topological polar surface area (TPSA) is 91.7 Å². The number of anilines is 1. The molecule has 1 heterocycles. The van der Waals surface area contributed by atoms with Gasteiger partial charge in [-0.05, 0) is 60.5 Å². The fraction of sp³-hybridized carbons (Fsp3) is 0.179. The SMILES string of the molecule is COc1ccc(-c2nn(-c3cccc(C)c3)c(OC(C)=O)c2-c2ccc(NC(C)=O)cc2)cc1OC. The summed E-state index contributed by atoms with van der Waals surface area (Å²) >= 11 is 0. The minimum Gasteiger partial charge on any atom is -0.493 e. The zero-order valence-electron chi connectivity index (χ0n) is 20.8. The smallest absolute Gasteiger partial charge is 0.309 e. The molecule has 0 aliphatic carbocycles. The van der Waals surface area contributed by atoms with Crippen LogP contribution in [0.3, 0.4) is 0 Å². The number of methoxy groups -OCH3 is 2. The number of ether oxygens (including phenoxy) is 3. The van der Waals surface area contributed by atoms with Gasteiger partial charge in [-0.15, -0.1) is 0 Å². The number of hydrogen-bond donors (Lipinski definition) is 1. The molecule has 0 bridgehead atoms. The number of aryl methyl sites for hydroxylation is 1. The summed E-state index contributed by atoms with van der Waals surface area (Å²) < 4.78 is 18.3. The first-order valence-electron chi connectivity index (χ1n) is 11.3. The van der Waals surface area contributed by atoms with Crippen LogP contribution in [0.25, 0.3) is 28.1 Å². The van der Waals surface area contributed by atoms with E-state index in [0.717, 1.165) is 22.4 Å². The van der Waals surface area contributed by atoms with Gasteiger partial charge >= 0.3 is 5.97 Å². The number of carbonyl (C=O) groups excluding carboxylic acids is 2. The van der Waals surface area contributed by atoms with Crippen molar-refractivity contribution in [2.75, 3.05) is 19.5 Å². The number of nitrogens with one attached hydrogen (secondary N) is 1. The van der Waals surface area contributed by atoms with Gasteiger partial charge in [-0.25, -0.2) is 0 Å². The molecule has 4 aromatic rings. The quantitative estimate of drug-likeness (QED) is 0.352. The van der Waals surface area contributed by atoms with Gasteiger partial charge < -0.3 is 19.5 Å². The number of amides is 1. The number of carbonyl (C=O) groups is 2. The molecule has 4 rings (SSSR count). The summed E-state index contributed by atoms with van der Waals surface area (Å²) in [6.07, 6.45) is 0. The fourth-order valence-corrected chi connectivity index (χ4v) is 3.94. The lowest BCUT2D eigenvalue weighted by molar-refractivity contribution is -0.132. The standard InChI is InChI=1S/C28H27N3O5/c1-17-7-6-8-23(15-17)31-28(36-19(3)33)26(20-9-12-22(13-10-20)29-18(2)32)27(30-31)21-11-14-24(34-4)25(16-21)35-5/h6-16H,1-5H3,(H,29,32). The normalized spacial score (nSPS) is 10.6. The van der Waals surface area contributed by atoms with E-state index in [2.05, 4.69) is 5.32 Å². The molecule has 1 N–H and O–H groups in total. The Hall–Kier alpha value is -4.59. The summed E-state index contributed by atoms with van der Waals surface area (Å²) in [6, 6.07) is 20.5. The van der Waals surface area contributed by atoms with Crippen LogP contribution in [0, 0.1) is 6.92 Å². The molecular weight excluding hydrogens is 458 g/mol. The van der Waals surface area contributed by atoms with E-state index in [0.29, 0.717) is 28.4 Å². The molecule has 0 saturated carbocycles. The molecule has 0 fully saturated rings. The number of hydrogen-bond acceptors (Lipinski definition) is 6. The third-order valence-corrected chi connectivity index (χ3v) is 5.48. The first kappa shape index (κ1) is 24.5. The highest BCUT2D eigenvalue weighted by molar-refractivity contribution is 5.91. The van der Waals surface area contributed by atoms with Crippen molar-refractivity contribution in [3.05, 3.63) is 72.3 Å². The number of nitrogens with zero attached hydrogens (tertiary/aromatic N) is 2. The van der Waals surface area contributed by atoms with Crippen LogP contribution in [0.1, 0.15) is 19.4 Å². The molecule has 0 spiro atoms. The van der Waals surface area contributed by atoms with Gasteiger partial charge in [-0.3, -0.25) is 9.59 Å². The van der Waals surface area contributed by atoms with Crippen molar-refractivity contribution in [3.8, 4) is 45.5 Å². The van der Waals surface area contributed by atoms with E-state index in [1.165, 1.54) is 13.8 Å². The van der Waals surface area contributed by atoms with Crippen LogP contribution in [0.4, 0.5) is 5.69 Å². The summed E-state index contributed by atoms with van der Waals surface area (Å²) in [4.78, 5) is 23.7. The summed E-state index contributed by atoms with van der Waals surface area (Å²) in [6.45, 7) is 4.79. The molecule has 184 valence electrons. The molecule has 0 aliphatic heterocycles. The average molecular weight is 486 g/mol. The number of rotatable bonds is 7. The van der Waals surface area contributed by atoms with Crippen molar-refractivity contribution >= 4 is 17.6 Å². The summed E-state index contributed by atoms with van der Waals surface area (Å²) in [5, 5.41) is 7.66. The molecule has 0 radical (unpaired) electrons. The molecule has 0 unspecified atom stereocenters. The van der Waals surface area contributed by atoms with Gasteiger partial charge in [0.1, 0.15) is 5.69 Å². The van der Waals surface area contributed by atoms with E-state index in [4.69, 9.17) is 19.3 Å². The third kappa shape index (κ3) is 5.07. The van der Waals surface area contributed by atoms with Crippen molar-refractivity contribution in [3.63, 3.8) is 0 Å². The number of esters is 1. The Morgan fingerprint density at radius 1 is 0.861 bits per heavy atom. The first-order chi connectivity index (χ1) is 17.3. The van der Waals surface area contributed by atoms with Gasteiger partial charge in [0, 0.05) is 25.1 Å². The second-order valence-electron chi connectivity index (χ2n) is 8.20. The van der Waals surface area contributed by atoms with Crippen LogP contribution in [0.2, 0.25) is 0 Å². The van der Waals surface area contributed by atoms with Crippen LogP contribution in [-0.2, 0) is 9.59 Å². The Morgan fingerprint density at radius 2 is 1.56 bits per heavy atom. The highest BCUT2D eigenvalue weighted by Gasteiger charge is 2.25. The molecule has 0 saturated heterocycles. The molecule has 1 aromatic heterocycles. The molecule has 8 nitrogen and oxygen atoms in total. The maximum atomic E-state index is 12.2. The average Bonchev–Trinajstić information content (AvgIpc) is 3.22. The van der Waals surface area contributed by atoms with Gasteiger partial charge in [0.25, 0.3) is 0 Å². The molecule has 1 amide bonds. The summed E-state index contributed by atoms with van der Waals surface area (Å²) in [5.74, 6) is 0.771. The van der Waals surface area contributed by atoms with Crippen LogP contribution in [0.5, 0.6) is 17.4 Å². The Kier molecular flexibility index (Phi) is 7.05. The van der Waals surface area contributed by atoms with Gasteiger partial charge in [-0.2, -0.15) is 9.78 Å². The largest absolute Gasteiger partial charge is 0.493 e. The Balaban J connectivity index is 2.00. The van der Waals surface area contributed by atoms with Crippen molar-refractivity contribution in [2.45, 2.75) is 20.8 Å². The first-order valence-corrected chi connectivity index (χ1v) is 11.3. The van der Waals surface area contributed by atoms with E-state index >= 15 is 0 Å². The molecule has 0 aliphatic rings. The van der Waals surface area contributed by atoms with Gasteiger partial charge in [0.05, 0.1) is 25.5 Å². The lowest BCUT2D eigenvalue weighted by Gasteiger charge is -2.11. The van der Waals surface area contributed by atoms with Crippen LogP contribution in [-0.4, -0.2) is 35.9 Å². The fourth-order valence-electron chi connectivity index (χ4n) is 3.94. The van der Waals surface area contributed by atoms with E-state index in [-0.39, 0.29) is 11.8 Å². The highest BCUT2D eigenvalue weighted by atomic mass is 16.5. The monoisotopic (exact) mass is 485 g/mol. The van der Waals surface area contributed by atoms with Crippen LogP contribution < -0.4 is 19.5 Å². The molecule has 0 atom stereocenters. The van der Waals surface area contributed by atoms with E-state index in [1.54, 1.807) is 37.1 Å². The summed E-state index contributed by atoms with van der Waals surface area (Å²) in [7, 11) is 3.14. The van der Waals surface area contributed by atoms with E-state index in [9.17, 15) is 9.59 Å². The van der Waals surface area contributed by atoms with E-state index < -0.39 is 5.97 Å². The maximum Gasteiger partial charge on any atom is 0.309 e. The third-order valence-electron chi connectivity index (χ3n) is 5.48. The van der Waals surface area contributed by atoms with Crippen molar-refractivity contribution in [1.29, 1.82) is 0 Å². The van der Waals surface area contributed by atoms with Crippen LogP contribution in [0.15, 0.2) is 66.7 Å². The van der Waals surface area contributed by atoms with Crippen molar-refractivity contribution in [2.24, 2.45) is 0 Å². The highest BCUT2D eigenvalue weighted by Crippen LogP contribution is 2.43. The van der Waals surface area contributed by atoms with Crippen molar-refractivity contribution < 1.29 is 23.8 Å². The zero-order valence-corrected chi connectivity index (χ0v) is 20.8. The van der Waals surface area contributed by atoms with E-state index in [1.807, 2.05) is 55.5 Å². The predicted octanol–water partition coefficient (Wildman–Crippen LogP) is 5.42. The molecule has 3 aromatic carbocycles. The molecule has 8 heteroatoms. The zero-order chi connectivity index (χ0) is 25.8. The van der Waals surface area contributed by atoms with Gasteiger partial charge in [-0.1, -0.05) is 24.3 Å². The van der Waals surface area contributed by atoms with Crippen molar-refractivity contribution in [1.82, 2.24) is 9.78 Å². The Bertz CT molecular complexity index is 1420. The maximum absolute atomic E-state index is 12.2.